The summed E-state index contributed by atoms with van der Waals surface area (Å²) in [7, 11) is 1.46. The number of benzene rings is 3. The molecule has 148 valence electrons. The minimum absolute atomic E-state index is 0.161. The smallest absolute Gasteiger partial charge is 0.204 e. The number of fused-ring (bicyclic) bond motifs is 5. The van der Waals surface area contributed by atoms with Crippen LogP contribution in [-0.4, -0.2) is 29.0 Å². The van der Waals surface area contributed by atoms with Gasteiger partial charge in [0.05, 0.1) is 18.1 Å². The Bertz CT molecular complexity index is 1350. The highest BCUT2D eigenvalue weighted by molar-refractivity contribution is 6.01. The van der Waals surface area contributed by atoms with Crippen LogP contribution in [0.4, 0.5) is 0 Å². The second-order valence-corrected chi connectivity index (χ2v) is 7.92. The molecule has 2 heterocycles. The Morgan fingerprint density at radius 2 is 1.76 bits per heavy atom. The summed E-state index contributed by atoms with van der Waals surface area (Å²) in [4.78, 5) is 13.4. The second-order valence-electron chi connectivity index (χ2n) is 7.92. The van der Waals surface area contributed by atoms with Gasteiger partial charge < -0.3 is 24.1 Å². The largest absolute Gasteiger partial charge is 0.496 e. The fourth-order valence-corrected chi connectivity index (χ4v) is 4.08. The Morgan fingerprint density at radius 1 is 1.07 bits per heavy atom. The molecule has 0 aliphatic carbocycles. The number of aliphatic hydroxyl groups excluding tert-OH is 2. The van der Waals surface area contributed by atoms with E-state index in [0.29, 0.717) is 22.5 Å². The SMILES string of the molecule is COc1cc2c(c3oc4cc5ccccc5cc4c(=O)c13)[C@@H](O)[C@@H](O)C(C)(C)O2. The van der Waals surface area contributed by atoms with Crippen molar-refractivity contribution in [1.29, 1.82) is 0 Å². The Labute approximate surface area is 165 Å². The summed E-state index contributed by atoms with van der Waals surface area (Å²) in [6.45, 7) is 3.37. The topological polar surface area (TPSA) is 89.1 Å². The molecular weight excluding hydrogens is 372 g/mol. The molecule has 3 aromatic carbocycles. The van der Waals surface area contributed by atoms with Gasteiger partial charge in [-0.15, -0.1) is 0 Å². The number of hydrogen-bond donors (Lipinski definition) is 2. The number of rotatable bonds is 1. The predicted octanol–water partition coefficient (Wildman–Crippen LogP) is 3.67. The van der Waals surface area contributed by atoms with Gasteiger partial charge in [0, 0.05) is 6.07 Å². The second kappa shape index (κ2) is 5.95. The van der Waals surface area contributed by atoms with Gasteiger partial charge in [0.2, 0.25) is 5.43 Å². The predicted molar refractivity (Wildman–Crippen MR) is 110 cm³/mol. The van der Waals surface area contributed by atoms with Gasteiger partial charge in [-0.3, -0.25) is 4.79 Å². The Kier molecular flexibility index (Phi) is 3.69. The van der Waals surface area contributed by atoms with E-state index in [9.17, 15) is 15.0 Å². The van der Waals surface area contributed by atoms with Crippen LogP contribution in [-0.2, 0) is 0 Å². The third kappa shape index (κ3) is 2.46. The quantitative estimate of drug-likeness (QED) is 0.481. The summed E-state index contributed by atoms with van der Waals surface area (Å²) in [5, 5.41) is 23.8. The van der Waals surface area contributed by atoms with E-state index in [1.807, 2.05) is 24.3 Å². The van der Waals surface area contributed by atoms with Gasteiger partial charge in [-0.25, -0.2) is 0 Å². The molecule has 0 radical (unpaired) electrons. The molecule has 0 saturated heterocycles. The summed E-state index contributed by atoms with van der Waals surface area (Å²) in [6, 6.07) is 12.8. The zero-order valence-corrected chi connectivity index (χ0v) is 16.2. The van der Waals surface area contributed by atoms with E-state index in [4.69, 9.17) is 13.9 Å². The van der Waals surface area contributed by atoms with Crippen molar-refractivity contribution in [1.82, 2.24) is 0 Å². The van der Waals surface area contributed by atoms with E-state index in [-0.39, 0.29) is 22.0 Å². The first kappa shape index (κ1) is 18.0. The fourth-order valence-electron chi connectivity index (χ4n) is 4.08. The third-order valence-corrected chi connectivity index (χ3v) is 5.68. The molecule has 5 rings (SSSR count). The van der Waals surface area contributed by atoms with Crippen LogP contribution < -0.4 is 14.9 Å². The standard InChI is InChI=1S/C23H20O6/c1-23(2)22(26)20(25)18-16(29-23)10-15(27-3)17-19(24)13-8-11-6-4-5-7-12(11)9-14(13)28-21(17)18/h4-10,20,22,25-26H,1-3H3/t20-,22-/m1/s1. The van der Waals surface area contributed by atoms with E-state index in [1.165, 1.54) is 7.11 Å². The zero-order valence-electron chi connectivity index (χ0n) is 16.2. The maximum atomic E-state index is 13.4. The number of methoxy groups -OCH3 is 1. The first-order valence-corrected chi connectivity index (χ1v) is 9.37. The van der Waals surface area contributed by atoms with Crippen LogP contribution in [0.25, 0.3) is 32.7 Å². The van der Waals surface area contributed by atoms with Crippen molar-refractivity contribution < 1.29 is 24.1 Å². The van der Waals surface area contributed by atoms with Gasteiger partial charge in [-0.1, -0.05) is 24.3 Å². The first-order chi connectivity index (χ1) is 13.8. The summed E-state index contributed by atoms with van der Waals surface area (Å²) >= 11 is 0. The molecule has 0 amide bonds. The Balaban J connectivity index is 1.95. The molecule has 0 saturated carbocycles. The van der Waals surface area contributed by atoms with Gasteiger partial charge in [0.15, 0.2) is 5.58 Å². The van der Waals surface area contributed by atoms with Crippen LogP contribution >= 0.6 is 0 Å². The third-order valence-electron chi connectivity index (χ3n) is 5.68. The molecule has 29 heavy (non-hydrogen) atoms. The summed E-state index contributed by atoms with van der Waals surface area (Å²) in [5.74, 6) is 0.613. The molecule has 0 unspecified atom stereocenters. The molecule has 2 N–H and O–H groups in total. The van der Waals surface area contributed by atoms with Crippen LogP contribution in [0.15, 0.2) is 51.7 Å². The molecule has 2 atom stereocenters. The average molecular weight is 392 g/mol. The minimum atomic E-state index is -1.27. The van der Waals surface area contributed by atoms with Gasteiger partial charge in [0.1, 0.15) is 40.3 Å². The molecule has 1 aliphatic rings. The van der Waals surface area contributed by atoms with Crippen LogP contribution in [0.2, 0.25) is 0 Å². The summed E-state index contributed by atoms with van der Waals surface area (Å²) < 4.78 is 17.5. The van der Waals surface area contributed by atoms with Gasteiger partial charge in [-0.2, -0.15) is 0 Å². The molecule has 6 nitrogen and oxygen atoms in total. The normalized spacial score (nSPS) is 20.6. The average Bonchev–Trinajstić information content (AvgIpc) is 2.70. The molecule has 1 aromatic heterocycles. The molecule has 0 spiro atoms. The van der Waals surface area contributed by atoms with Crippen molar-refractivity contribution in [3.63, 3.8) is 0 Å². The monoisotopic (exact) mass is 392 g/mol. The summed E-state index contributed by atoms with van der Waals surface area (Å²) in [6.07, 6.45) is -2.47. The fraction of sp³-hybridized carbons (Fsp3) is 0.261. The number of aliphatic hydroxyl groups is 2. The van der Waals surface area contributed by atoms with Crippen LogP contribution in [0.1, 0.15) is 25.5 Å². The molecule has 1 aliphatic heterocycles. The lowest BCUT2D eigenvalue weighted by molar-refractivity contribution is -0.111. The van der Waals surface area contributed by atoms with E-state index < -0.39 is 17.8 Å². The van der Waals surface area contributed by atoms with E-state index in [2.05, 4.69) is 0 Å². The van der Waals surface area contributed by atoms with Crippen molar-refractivity contribution in [3.05, 3.63) is 58.3 Å². The highest BCUT2D eigenvalue weighted by atomic mass is 16.5. The van der Waals surface area contributed by atoms with Crippen LogP contribution in [0, 0.1) is 0 Å². The lowest BCUT2D eigenvalue weighted by Crippen LogP contribution is -2.48. The molecule has 0 fully saturated rings. The Morgan fingerprint density at radius 3 is 2.45 bits per heavy atom. The van der Waals surface area contributed by atoms with Gasteiger partial charge in [-0.05, 0) is 36.8 Å². The van der Waals surface area contributed by atoms with Gasteiger partial charge >= 0.3 is 0 Å². The maximum absolute atomic E-state index is 13.4. The van der Waals surface area contributed by atoms with Crippen molar-refractivity contribution in [3.8, 4) is 11.5 Å². The summed E-state index contributed by atoms with van der Waals surface area (Å²) in [5.41, 5.74) is -0.478. The number of hydrogen-bond acceptors (Lipinski definition) is 6. The van der Waals surface area contributed by atoms with E-state index in [1.54, 1.807) is 32.0 Å². The molecule has 6 heteroatoms. The highest BCUT2D eigenvalue weighted by Gasteiger charge is 2.44. The van der Waals surface area contributed by atoms with E-state index in [0.717, 1.165) is 10.8 Å². The minimum Gasteiger partial charge on any atom is -0.496 e. The zero-order chi connectivity index (χ0) is 20.5. The molecule has 0 bridgehead atoms. The molecular formula is C23H20O6. The molecule has 4 aromatic rings. The van der Waals surface area contributed by atoms with Crippen molar-refractivity contribution >= 4 is 32.7 Å². The van der Waals surface area contributed by atoms with Crippen molar-refractivity contribution in [2.75, 3.05) is 7.11 Å². The van der Waals surface area contributed by atoms with Crippen LogP contribution in [0.3, 0.4) is 0 Å². The number of ether oxygens (including phenoxy) is 2. The lowest BCUT2D eigenvalue weighted by Gasteiger charge is -2.40. The van der Waals surface area contributed by atoms with Crippen molar-refractivity contribution in [2.45, 2.75) is 31.7 Å². The maximum Gasteiger partial charge on any atom is 0.204 e. The van der Waals surface area contributed by atoms with Crippen LogP contribution in [0.5, 0.6) is 11.5 Å². The lowest BCUT2D eigenvalue weighted by atomic mass is 9.87. The van der Waals surface area contributed by atoms with Crippen molar-refractivity contribution in [2.24, 2.45) is 0 Å². The Hall–Kier alpha value is -3.09. The highest BCUT2D eigenvalue weighted by Crippen LogP contribution is 2.46. The van der Waals surface area contributed by atoms with E-state index >= 15 is 0 Å². The van der Waals surface area contributed by atoms with Gasteiger partial charge in [0.25, 0.3) is 0 Å². The first-order valence-electron chi connectivity index (χ1n) is 9.37.